The van der Waals surface area contributed by atoms with Crippen molar-refractivity contribution in [1.82, 2.24) is 16.0 Å². The summed E-state index contributed by atoms with van der Waals surface area (Å²) >= 11 is 0. The van der Waals surface area contributed by atoms with E-state index in [9.17, 15) is 27.2 Å². The van der Waals surface area contributed by atoms with E-state index in [-0.39, 0.29) is 30.1 Å². The Balaban J connectivity index is 1.62. The fourth-order valence-corrected chi connectivity index (χ4v) is 3.44. The molecule has 1 aromatic carbocycles. The van der Waals surface area contributed by atoms with Crippen molar-refractivity contribution in [3.05, 3.63) is 47.0 Å². The minimum atomic E-state index is -2.61. The second-order valence-electron chi connectivity index (χ2n) is 6.93. The molecule has 3 rings (SSSR count). The van der Waals surface area contributed by atoms with E-state index < -0.39 is 48.6 Å². The van der Waals surface area contributed by atoms with E-state index >= 15 is 0 Å². The molecule has 2 aliphatic rings. The smallest absolute Gasteiger partial charge is 0.261 e. The van der Waals surface area contributed by atoms with Crippen molar-refractivity contribution in [2.45, 2.75) is 38.1 Å². The topological polar surface area (TPSA) is 79.5 Å². The third-order valence-corrected chi connectivity index (χ3v) is 4.86. The molecule has 2 aliphatic heterocycles. The molecule has 2 amide bonds. The van der Waals surface area contributed by atoms with Gasteiger partial charge >= 0.3 is 0 Å². The van der Waals surface area contributed by atoms with Crippen LogP contribution in [-0.2, 0) is 20.9 Å². The summed E-state index contributed by atoms with van der Waals surface area (Å²) in [6.45, 7) is -0.391. The number of nitrogens with one attached hydrogen (secondary N) is 3. The van der Waals surface area contributed by atoms with Gasteiger partial charge in [0, 0.05) is 35.7 Å². The maximum atomic E-state index is 13.6. The SMILES string of the molecule is O=C(CC1=CC2C(CCNC2OCC(F)F)NC1=O)NCc1ccc(F)cc1F. The molecule has 3 unspecified atom stereocenters. The maximum absolute atomic E-state index is 13.6. The highest BCUT2D eigenvalue weighted by Gasteiger charge is 2.38. The van der Waals surface area contributed by atoms with Gasteiger partial charge in [0.15, 0.2) is 0 Å². The fraction of sp³-hybridized carbons (Fsp3) is 0.474. The Hall–Kier alpha value is -2.46. The van der Waals surface area contributed by atoms with E-state index in [4.69, 9.17) is 4.74 Å². The molecule has 1 fully saturated rings. The normalized spacial score (nSPS) is 24.0. The maximum Gasteiger partial charge on any atom is 0.261 e. The molecule has 0 aliphatic carbocycles. The van der Waals surface area contributed by atoms with Crippen molar-refractivity contribution >= 4 is 11.8 Å². The van der Waals surface area contributed by atoms with Crippen LogP contribution < -0.4 is 16.0 Å². The van der Waals surface area contributed by atoms with Gasteiger partial charge in [-0.15, -0.1) is 0 Å². The molecule has 6 nitrogen and oxygen atoms in total. The average Bonchev–Trinajstić information content (AvgIpc) is 2.66. The highest BCUT2D eigenvalue weighted by molar-refractivity contribution is 5.99. The van der Waals surface area contributed by atoms with Crippen LogP contribution in [0, 0.1) is 17.6 Å². The first kappa shape index (κ1) is 21.3. The zero-order valence-corrected chi connectivity index (χ0v) is 15.4. The van der Waals surface area contributed by atoms with E-state index in [0.29, 0.717) is 19.0 Å². The van der Waals surface area contributed by atoms with Gasteiger partial charge in [0.2, 0.25) is 11.8 Å². The Morgan fingerprint density at radius 2 is 2.10 bits per heavy atom. The second-order valence-corrected chi connectivity index (χ2v) is 6.93. The summed E-state index contributed by atoms with van der Waals surface area (Å²) in [6.07, 6.45) is -1.40. The molecule has 0 spiro atoms. The zero-order valence-electron chi connectivity index (χ0n) is 15.4. The number of alkyl halides is 2. The summed E-state index contributed by atoms with van der Waals surface area (Å²) in [5, 5.41) is 8.26. The monoisotopic (exact) mass is 415 g/mol. The minimum absolute atomic E-state index is 0.110. The van der Waals surface area contributed by atoms with Crippen LogP contribution in [0.5, 0.6) is 0 Å². The van der Waals surface area contributed by atoms with Crippen molar-refractivity contribution in [1.29, 1.82) is 0 Å². The average molecular weight is 415 g/mol. The van der Waals surface area contributed by atoms with E-state index in [1.54, 1.807) is 6.08 Å². The number of piperidine rings is 1. The van der Waals surface area contributed by atoms with Crippen molar-refractivity contribution in [2.24, 2.45) is 5.92 Å². The molecule has 29 heavy (non-hydrogen) atoms. The Labute approximate surface area is 164 Å². The minimum Gasteiger partial charge on any atom is -0.357 e. The van der Waals surface area contributed by atoms with Gasteiger partial charge in [-0.3, -0.25) is 14.9 Å². The third kappa shape index (κ3) is 5.54. The zero-order chi connectivity index (χ0) is 21.0. The van der Waals surface area contributed by atoms with E-state index in [1.165, 1.54) is 6.07 Å². The number of hydrogen-bond acceptors (Lipinski definition) is 4. The summed E-state index contributed by atoms with van der Waals surface area (Å²) in [5.41, 5.74) is 0.288. The Bertz CT molecular complexity index is 803. The molecule has 3 N–H and O–H groups in total. The van der Waals surface area contributed by atoms with Crippen LogP contribution in [-0.4, -0.2) is 43.7 Å². The second kappa shape index (κ2) is 9.36. The Morgan fingerprint density at radius 1 is 1.31 bits per heavy atom. The number of carbonyl (C=O) groups is 2. The van der Waals surface area contributed by atoms with Gasteiger partial charge < -0.3 is 15.4 Å². The van der Waals surface area contributed by atoms with Crippen molar-refractivity contribution < 1.29 is 31.9 Å². The molecule has 10 heteroatoms. The first-order valence-electron chi connectivity index (χ1n) is 9.19. The molecule has 0 aromatic heterocycles. The molecular weight excluding hydrogens is 394 g/mol. The van der Waals surface area contributed by atoms with Crippen LogP contribution in [0.15, 0.2) is 29.8 Å². The fourth-order valence-electron chi connectivity index (χ4n) is 3.44. The van der Waals surface area contributed by atoms with Crippen LogP contribution >= 0.6 is 0 Å². The van der Waals surface area contributed by atoms with Crippen LogP contribution in [0.2, 0.25) is 0 Å². The van der Waals surface area contributed by atoms with Crippen LogP contribution in [0.1, 0.15) is 18.4 Å². The summed E-state index contributed by atoms with van der Waals surface area (Å²) in [6, 6.07) is 2.75. The van der Waals surface area contributed by atoms with Crippen LogP contribution in [0.4, 0.5) is 17.6 Å². The van der Waals surface area contributed by atoms with Gasteiger partial charge in [-0.25, -0.2) is 17.6 Å². The first-order chi connectivity index (χ1) is 13.8. The summed E-state index contributed by atoms with van der Waals surface area (Å²) in [5.74, 6) is -2.83. The number of carbonyl (C=O) groups excluding carboxylic acids is 2. The highest BCUT2D eigenvalue weighted by atomic mass is 19.3. The lowest BCUT2D eigenvalue weighted by atomic mass is 9.85. The number of hydrogen-bond donors (Lipinski definition) is 3. The van der Waals surface area contributed by atoms with Gasteiger partial charge in [-0.2, -0.15) is 0 Å². The van der Waals surface area contributed by atoms with Gasteiger partial charge in [-0.1, -0.05) is 12.1 Å². The lowest BCUT2D eigenvalue weighted by molar-refractivity contribution is -0.125. The molecule has 0 bridgehead atoms. The summed E-state index contributed by atoms with van der Waals surface area (Å²) in [7, 11) is 0. The first-order valence-corrected chi connectivity index (χ1v) is 9.19. The molecule has 158 valence electrons. The predicted molar refractivity (Wildman–Crippen MR) is 94.7 cm³/mol. The molecule has 3 atom stereocenters. The number of ether oxygens (including phenoxy) is 1. The Morgan fingerprint density at radius 3 is 2.83 bits per heavy atom. The summed E-state index contributed by atoms with van der Waals surface area (Å²) < 4.78 is 56.7. The highest BCUT2D eigenvalue weighted by Crippen LogP contribution is 2.26. The number of halogens is 4. The van der Waals surface area contributed by atoms with Gasteiger partial charge in [0.1, 0.15) is 24.5 Å². The number of rotatable bonds is 7. The van der Waals surface area contributed by atoms with E-state index in [0.717, 1.165) is 6.07 Å². The van der Waals surface area contributed by atoms with Crippen LogP contribution in [0.3, 0.4) is 0 Å². The van der Waals surface area contributed by atoms with Gasteiger partial charge in [0.05, 0.1) is 6.42 Å². The Kier molecular flexibility index (Phi) is 6.86. The van der Waals surface area contributed by atoms with Gasteiger partial charge in [-0.05, 0) is 19.0 Å². The lowest BCUT2D eigenvalue weighted by Crippen LogP contribution is -2.58. The quantitative estimate of drug-likeness (QED) is 0.592. The largest absolute Gasteiger partial charge is 0.357 e. The number of benzene rings is 1. The van der Waals surface area contributed by atoms with Crippen molar-refractivity contribution in [3.8, 4) is 0 Å². The number of fused-ring (bicyclic) bond motifs is 1. The lowest BCUT2D eigenvalue weighted by Gasteiger charge is -2.40. The summed E-state index contributed by atoms with van der Waals surface area (Å²) in [4.78, 5) is 24.5. The molecule has 0 saturated carbocycles. The van der Waals surface area contributed by atoms with E-state index in [2.05, 4.69) is 16.0 Å². The molecule has 2 heterocycles. The number of amides is 2. The van der Waals surface area contributed by atoms with E-state index in [1.807, 2.05) is 0 Å². The van der Waals surface area contributed by atoms with Crippen LogP contribution in [0.25, 0.3) is 0 Å². The molecule has 1 saturated heterocycles. The molecule has 0 radical (unpaired) electrons. The van der Waals surface area contributed by atoms with Crippen molar-refractivity contribution in [2.75, 3.05) is 13.2 Å². The molecular formula is C19H21F4N3O3. The van der Waals surface area contributed by atoms with Gasteiger partial charge in [0.25, 0.3) is 6.43 Å². The van der Waals surface area contributed by atoms with Crippen molar-refractivity contribution in [3.63, 3.8) is 0 Å². The molecule has 1 aromatic rings. The standard InChI is InChI=1S/C19H21F4N3O3/c20-12-2-1-10(14(21)7-12)8-25-17(27)6-11-5-13-15(26-18(11)28)3-4-24-19(13)29-9-16(22)23/h1-2,5,7,13,15-16,19,24H,3-4,6,8-9H2,(H,25,27)(H,26,28). The third-order valence-electron chi connectivity index (χ3n) is 4.86. The predicted octanol–water partition coefficient (Wildman–Crippen LogP) is 1.61.